The fourth-order valence-corrected chi connectivity index (χ4v) is 2.42. The van der Waals surface area contributed by atoms with Crippen molar-refractivity contribution in [2.24, 2.45) is 0 Å². The smallest absolute Gasteiger partial charge is 0.195 e. The second kappa shape index (κ2) is 5.11. The molecular formula is C15H20O3. The zero-order valence-electron chi connectivity index (χ0n) is 11.4. The number of Topliss-reactive ketones (excluding diaryl/α,β-unsaturated/α-hetero) is 1. The van der Waals surface area contributed by atoms with E-state index in [0.29, 0.717) is 11.3 Å². The van der Waals surface area contributed by atoms with Crippen molar-refractivity contribution in [2.75, 3.05) is 7.11 Å². The second-order valence-electron chi connectivity index (χ2n) is 4.97. The van der Waals surface area contributed by atoms with E-state index in [-0.39, 0.29) is 18.0 Å². The summed E-state index contributed by atoms with van der Waals surface area (Å²) in [6.07, 6.45) is 1.62. The van der Waals surface area contributed by atoms with E-state index in [1.807, 2.05) is 32.9 Å². The monoisotopic (exact) mass is 248 g/mol. The molecule has 1 saturated heterocycles. The lowest BCUT2D eigenvalue weighted by Gasteiger charge is -2.15. The van der Waals surface area contributed by atoms with Gasteiger partial charge in [-0.1, -0.05) is 6.07 Å². The van der Waals surface area contributed by atoms with Gasteiger partial charge in [0.05, 0.1) is 18.8 Å². The Hall–Kier alpha value is -1.35. The standard InChI is InChI=1S/C15H20O3/c1-9-5-7-12(15(17-4)11(9)3)14(16)13-8-6-10(2)18-13/h5,7,10,13H,6,8H2,1-4H3. The zero-order chi connectivity index (χ0) is 13.3. The minimum absolute atomic E-state index is 0.0410. The van der Waals surface area contributed by atoms with Gasteiger partial charge in [0, 0.05) is 0 Å². The summed E-state index contributed by atoms with van der Waals surface area (Å²) < 4.78 is 11.0. The van der Waals surface area contributed by atoms with E-state index in [1.165, 1.54) is 0 Å². The van der Waals surface area contributed by atoms with Crippen molar-refractivity contribution >= 4 is 5.78 Å². The van der Waals surface area contributed by atoms with Gasteiger partial charge >= 0.3 is 0 Å². The molecule has 0 saturated carbocycles. The lowest BCUT2D eigenvalue weighted by atomic mass is 9.98. The summed E-state index contributed by atoms with van der Waals surface area (Å²) in [5.41, 5.74) is 2.79. The van der Waals surface area contributed by atoms with Gasteiger partial charge in [-0.2, -0.15) is 0 Å². The molecule has 1 aromatic rings. The highest BCUT2D eigenvalue weighted by atomic mass is 16.5. The number of ether oxygens (including phenoxy) is 2. The molecule has 1 fully saturated rings. The van der Waals surface area contributed by atoms with Crippen molar-refractivity contribution in [3.05, 3.63) is 28.8 Å². The van der Waals surface area contributed by atoms with Gasteiger partial charge < -0.3 is 9.47 Å². The number of ketones is 1. The summed E-state index contributed by atoms with van der Waals surface area (Å²) in [6.45, 7) is 5.99. The van der Waals surface area contributed by atoms with Gasteiger partial charge in [0.2, 0.25) is 0 Å². The van der Waals surface area contributed by atoms with Crippen molar-refractivity contribution in [3.8, 4) is 5.75 Å². The topological polar surface area (TPSA) is 35.5 Å². The van der Waals surface area contributed by atoms with Crippen LogP contribution >= 0.6 is 0 Å². The van der Waals surface area contributed by atoms with Crippen LogP contribution in [0.4, 0.5) is 0 Å². The number of rotatable bonds is 3. The van der Waals surface area contributed by atoms with Crippen LogP contribution in [-0.2, 0) is 4.74 Å². The Morgan fingerprint density at radius 3 is 2.61 bits per heavy atom. The summed E-state index contributed by atoms with van der Waals surface area (Å²) >= 11 is 0. The highest BCUT2D eigenvalue weighted by Gasteiger charge is 2.30. The normalized spacial score (nSPS) is 23.1. The summed E-state index contributed by atoms with van der Waals surface area (Å²) in [4.78, 5) is 12.4. The number of carbonyl (C=O) groups excluding carboxylic acids is 1. The zero-order valence-corrected chi connectivity index (χ0v) is 11.4. The molecule has 0 amide bonds. The molecule has 2 rings (SSSR count). The fourth-order valence-electron chi connectivity index (χ4n) is 2.42. The summed E-state index contributed by atoms with van der Waals surface area (Å²) in [5.74, 6) is 0.724. The molecular weight excluding hydrogens is 228 g/mol. The fraction of sp³-hybridized carbons (Fsp3) is 0.533. The van der Waals surface area contributed by atoms with Crippen molar-refractivity contribution in [2.45, 2.75) is 45.8 Å². The van der Waals surface area contributed by atoms with Crippen LogP contribution in [0, 0.1) is 13.8 Å². The molecule has 0 radical (unpaired) electrons. The first kappa shape index (κ1) is 13.1. The third-order valence-corrected chi connectivity index (χ3v) is 3.67. The maximum Gasteiger partial charge on any atom is 0.195 e. The Balaban J connectivity index is 2.33. The Morgan fingerprint density at radius 1 is 1.33 bits per heavy atom. The van der Waals surface area contributed by atoms with Gasteiger partial charge in [-0.05, 0) is 50.8 Å². The van der Waals surface area contributed by atoms with Crippen LogP contribution in [0.25, 0.3) is 0 Å². The Morgan fingerprint density at radius 2 is 2.06 bits per heavy atom. The number of carbonyl (C=O) groups is 1. The van der Waals surface area contributed by atoms with E-state index in [2.05, 4.69) is 0 Å². The molecule has 3 nitrogen and oxygen atoms in total. The van der Waals surface area contributed by atoms with E-state index in [0.717, 1.165) is 24.0 Å². The highest BCUT2D eigenvalue weighted by Crippen LogP contribution is 2.30. The molecule has 18 heavy (non-hydrogen) atoms. The minimum atomic E-state index is -0.309. The third kappa shape index (κ3) is 2.27. The molecule has 3 heteroatoms. The number of aryl methyl sites for hydroxylation is 1. The van der Waals surface area contributed by atoms with Gasteiger partial charge in [0.1, 0.15) is 11.9 Å². The second-order valence-corrected chi connectivity index (χ2v) is 4.97. The maximum absolute atomic E-state index is 12.4. The van der Waals surface area contributed by atoms with E-state index in [1.54, 1.807) is 7.11 Å². The highest BCUT2D eigenvalue weighted by molar-refractivity contribution is 6.02. The molecule has 0 N–H and O–H groups in total. The average molecular weight is 248 g/mol. The third-order valence-electron chi connectivity index (χ3n) is 3.67. The van der Waals surface area contributed by atoms with Crippen LogP contribution in [0.2, 0.25) is 0 Å². The van der Waals surface area contributed by atoms with Crippen LogP contribution < -0.4 is 4.74 Å². The molecule has 1 heterocycles. The first-order chi connectivity index (χ1) is 8.54. The Labute approximate surface area is 108 Å². The SMILES string of the molecule is COc1c(C(=O)C2CCC(C)O2)ccc(C)c1C. The van der Waals surface area contributed by atoms with Crippen molar-refractivity contribution < 1.29 is 14.3 Å². The molecule has 0 aliphatic carbocycles. The van der Waals surface area contributed by atoms with Crippen LogP contribution in [0.15, 0.2) is 12.1 Å². The van der Waals surface area contributed by atoms with E-state index < -0.39 is 0 Å². The van der Waals surface area contributed by atoms with Gasteiger partial charge in [0.25, 0.3) is 0 Å². The van der Waals surface area contributed by atoms with E-state index in [9.17, 15) is 4.79 Å². The van der Waals surface area contributed by atoms with Crippen LogP contribution in [0.5, 0.6) is 5.75 Å². The van der Waals surface area contributed by atoms with Crippen molar-refractivity contribution in [3.63, 3.8) is 0 Å². The minimum Gasteiger partial charge on any atom is -0.496 e. The molecule has 0 bridgehead atoms. The van der Waals surface area contributed by atoms with Crippen LogP contribution in [0.3, 0.4) is 0 Å². The average Bonchev–Trinajstić information content (AvgIpc) is 2.78. The number of hydrogen-bond acceptors (Lipinski definition) is 3. The lowest BCUT2D eigenvalue weighted by Crippen LogP contribution is -2.21. The largest absolute Gasteiger partial charge is 0.496 e. The molecule has 1 aliphatic heterocycles. The summed E-state index contributed by atoms with van der Waals surface area (Å²) in [7, 11) is 1.61. The molecule has 2 atom stereocenters. The predicted molar refractivity (Wildman–Crippen MR) is 70.4 cm³/mol. The molecule has 2 unspecified atom stereocenters. The molecule has 0 aromatic heterocycles. The van der Waals surface area contributed by atoms with E-state index >= 15 is 0 Å². The first-order valence-electron chi connectivity index (χ1n) is 6.38. The first-order valence-corrected chi connectivity index (χ1v) is 6.38. The number of methoxy groups -OCH3 is 1. The van der Waals surface area contributed by atoms with Gasteiger partial charge in [-0.25, -0.2) is 0 Å². The van der Waals surface area contributed by atoms with Crippen LogP contribution in [-0.4, -0.2) is 25.1 Å². The predicted octanol–water partition coefficient (Wildman–Crippen LogP) is 3.06. The van der Waals surface area contributed by atoms with Crippen molar-refractivity contribution in [1.29, 1.82) is 0 Å². The molecule has 1 aromatic carbocycles. The Kier molecular flexibility index (Phi) is 3.71. The van der Waals surface area contributed by atoms with Crippen LogP contribution in [0.1, 0.15) is 41.3 Å². The number of hydrogen-bond donors (Lipinski definition) is 0. The molecule has 0 spiro atoms. The Bertz CT molecular complexity index is 465. The van der Waals surface area contributed by atoms with E-state index in [4.69, 9.17) is 9.47 Å². The van der Waals surface area contributed by atoms with Gasteiger partial charge in [0.15, 0.2) is 5.78 Å². The lowest BCUT2D eigenvalue weighted by molar-refractivity contribution is 0.0431. The maximum atomic E-state index is 12.4. The van der Waals surface area contributed by atoms with Gasteiger partial charge in [-0.15, -0.1) is 0 Å². The number of benzene rings is 1. The summed E-state index contributed by atoms with van der Waals surface area (Å²) in [5, 5.41) is 0. The quantitative estimate of drug-likeness (QED) is 0.771. The summed E-state index contributed by atoms with van der Waals surface area (Å²) in [6, 6.07) is 3.80. The molecule has 98 valence electrons. The van der Waals surface area contributed by atoms with Crippen molar-refractivity contribution in [1.82, 2.24) is 0 Å². The van der Waals surface area contributed by atoms with Gasteiger partial charge in [-0.3, -0.25) is 4.79 Å². The molecule has 1 aliphatic rings.